The van der Waals surface area contributed by atoms with Crippen LogP contribution in [0, 0.1) is 0 Å². The van der Waals surface area contributed by atoms with Crippen LogP contribution >= 0.6 is 0 Å². The molecule has 0 aromatic carbocycles. The number of allylic oxidation sites excluding steroid dienone is 2. The Morgan fingerprint density at radius 1 is 1.08 bits per heavy atom. The molecule has 0 bridgehead atoms. The molecule has 0 aliphatic carbocycles. The highest BCUT2D eigenvalue weighted by atomic mass is 19.4. The Bertz CT molecular complexity index is 248. The number of hydrogen-bond donors (Lipinski definition) is 0. The lowest BCUT2D eigenvalue weighted by atomic mass is 10.2. The second kappa shape index (κ2) is 3.49. The summed E-state index contributed by atoms with van der Waals surface area (Å²) < 4.78 is 69.6. The number of alkyl halides is 3. The summed E-state index contributed by atoms with van der Waals surface area (Å²) in [4.78, 5) is 0. The van der Waals surface area contributed by atoms with E-state index in [0.717, 1.165) is 5.73 Å². The van der Waals surface area contributed by atoms with Crippen molar-refractivity contribution < 1.29 is 26.3 Å². The Kier molecular flexibility index (Phi) is 3.15. The van der Waals surface area contributed by atoms with Crippen LogP contribution in [-0.4, -0.2) is 6.18 Å². The third-order valence-corrected chi connectivity index (χ3v) is 0.847. The molecule has 0 atom stereocenters. The summed E-state index contributed by atoms with van der Waals surface area (Å²) in [5, 5.41) is 0. The molecule has 12 heavy (non-hydrogen) atoms. The molecule has 0 saturated carbocycles. The second-order valence-corrected chi connectivity index (χ2v) is 1.62. The van der Waals surface area contributed by atoms with E-state index in [-0.39, 0.29) is 0 Å². The zero-order chi connectivity index (χ0) is 9.94. The molecule has 6 heteroatoms. The maximum atomic E-state index is 12.0. The van der Waals surface area contributed by atoms with Gasteiger partial charge in [-0.15, -0.1) is 0 Å². The standard InChI is InChI=1S/C6H2F6/c1-2-3(7)4(5(8)9)6(10,11)12/h1H2. The highest BCUT2D eigenvalue weighted by molar-refractivity contribution is 5.29. The zero-order valence-corrected chi connectivity index (χ0v) is 5.47. The molecule has 0 spiro atoms. The average molecular weight is 188 g/mol. The first-order valence-electron chi connectivity index (χ1n) is 2.49. The predicted molar refractivity (Wildman–Crippen MR) is 29.1 cm³/mol. The van der Waals surface area contributed by atoms with Gasteiger partial charge in [0.1, 0.15) is 0 Å². The minimum atomic E-state index is -5.42. The maximum Gasteiger partial charge on any atom is 0.425 e. The molecule has 0 unspecified atom stereocenters. The van der Waals surface area contributed by atoms with Crippen LogP contribution < -0.4 is 0 Å². The minimum absolute atomic E-state index is 1.10. The number of hydrogen-bond acceptors (Lipinski definition) is 0. The molecule has 0 amide bonds. The van der Waals surface area contributed by atoms with Gasteiger partial charge in [-0.2, -0.15) is 26.3 Å². The summed E-state index contributed by atoms with van der Waals surface area (Å²) in [7, 11) is 0. The van der Waals surface area contributed by atoms with Crippen molar-refractivity contribution in [2.45, 2.75) is 6.18 Å². The van der Waals surface area contributed by atoms with E-state index in [1.165, 1.54) is 0 Å². The van der Waals surface area contributed by atoms with Gasteiger partial charge in [-0.05, 0) is 0 Å². The first kappa shape index (κ1) is 10.8. The van der Waals surface area contributed by atoms with E-state index < -0.39 is 23.7 Å². The van der Waals surface area contributed by atoms with Crippen molar-refractivity contribution in [3.8, 4) is 0 Å². The van der Waals surface area contributed by atoms with Gasteiger partial charge < -0.3 is 0 Å². The van der Waals surface area contributed by atoms with Gasteiger partial charge >= 0.3 is 6.18 Å². The fourth-order valence-electron chi connectivity index (χ4n) is 0.403. The van der Waals surface area contributed by atoms with E-state index in [1.54, 1.807) is 0 Å². The van der Waals surface area contributed by atoms with Gasteiger partial charge in [0.05, 0.1) is 0 Å². The quantitative estimate of drug-likeness (QED) is 0.336. The molecule has 0 heterocycles. The van der Waals surface area contributed by atoms with Crippen molar-refractivity contribution in [1.82, 2.24) is 0 Å². The Hall–Kier alpha value is -1.16. The number of halogens is 6. The molecule has 0 aliphatic rings. The van der Waals surface area contributed by atoms with Gasteiger partial charge in [0, 0.05) is 0 Å². The molecule has 0 aromatic rings. The van der Waals surface area contributed by atoms with Gasteiger partial charge in [-0.1, -0.05) is 12.3 Å². The van der Waals surface area contributed by atoms with Gasteiger partial charge in [-0.25, -0.2) is 0 Å². The third kappa shape index (κ3) is 2.47. The molecule has 0 N–H and O–H groups in total. The lowest BCUT2D eigenvalue weighted by Crippen LogP contribution is -2.13. The molecule has 0 rings (SSSR count). The first-order chi connectivity index (χ1) is 5.30. The fraction of sp³-hybridized carbons (Fsp3) is 0.167. The zero-order valence-electron chi connectivity index (χ0n) is 5.47. The molecule has 0 nitrogen and oxygen atoms in total. The SMILES string of the molecule is C=C=C(F)C(=C(F)F)C(F)(F)F. The molecule has 68 valence electrons. The van der Waals surface area contributed by atoms with Crippen LogP contribution in [-0.2, 0) is 0 Å². The van der Waals surface area contributed by atoms with Crippen molar-refractivity contribution in [1.29, 1.82) is 0 Å². The summed E-state index contributed by atoms with van der Waals surface area (Å²) in [6.45, 7) is 2.47. The van der Waals surface area contributed by atoms with E-state index in [0.29, 0.717) is 0 Å². The summed E-state index contributed by atoms with van der Waals surface area (Å²) >= 11 is 0. The normalized spacial score (nSPS) is 10.5. The van der Waals surface area contributed by atoms with Crippen LogP contribution in [0.4, 0.5) is 26.3 Å². The van der Waals surface area contributed by atoms with E-state index in [4.69, 9.17) is 0 Å². The minimum Gasteiger partial charge on any atom is -0.197 e. The Balaban J connectivity index is 5.27. The van der Waals surface area contributed by atoms with Crippen molar-refractivity contribution >= 4 is 0 Å². The van der Waals surface area contributed by atoms with Gasteiger partial charge in [0.2, 0.25) is 0 Å². The average Bonchev–Trinajstić information content (AvgIpc) is 1.83. The molecule has 0 radical (unpaired) electrons. The summed E-state index contributed by atoms with van der Waals surface area (Å²) in [6.07, 6.45) is -8.57. The lowest BCUT2D eigenvalue weighted by Gasteiger charge is -2.05. The molecular formula is C6H2F6. The van der Waals surface area contributed by atoms with E-state index in [9.17, 15) is 26.3 Å². The lowest BCUT2D eigenvalue weighted by molar-refractivity contribution is -0.0944. The van der Waals surface area contributed by atoms with Gasteiger partial charge in [-0.3, -0.25) is 0 Å². The Morgan fingerprint density at radius 3 is 1.58 bits per heavy atom. The monoisotopic (exact) mass is 188 g/mol. The van der Waals surface area contributed by atoms with E-state index in [1.807, 2.05) is 0 Å². The third-order valence-electron chi connectivity index (χ3n) is 0.847. The predicted octanol–water partition coefficient (Wildman–Crippen LogP) is 3.34. The largest absolute Gasteiger partial charge is 0.425 e. The second-order valence-electron chi connectivity index (χ2n) is 1.62. The van der Waals surface area contributed by atoms with Crippen LogP contribution in [0.1, 0.15) is 0 Å². The molecular weight excluding hydrogens is 186 g/mol. The van der Waals surface area contributed by atoms with E-state index >= 15 is 0 Å². The maximum absolute atomic E-state index is 12.0. The molecule has 0 saturated heterocycles. The van der Waals surface area contributed by atoms with Crippen LogP contribution in [0.3, 0.4) is 0 Å². The fourth-order valence-corrected chi connectivity index (χ4v) is 0.403. The van der Waals surface area contributed by atoms with Gasteiger partial charge in [0.15, 0.2) is 11.4 Å². The van der Waals surface area contributed by atoms with Crippen LogP contribution in [0.2, 0.25) is 0 Å². The summed E-state index contributed by atoms with van der Waals surface area (Å²) in [5.41, 5.74) is -1.53. The highest BCUT2D eigenvalue weighted by Gasteiger charge is 2.40. The Labute approximate surface area is 63.5 Å². The highest BCUT2D eigenvalue weighted by Crippen LogP contribution is 2.34. The van der Waals surface area contributed by atoms with Crippen molar-refractivity contribution in [2.24, 2.45) is 0 Å². The summed E-state index contributed by atoms with van der Waals surface area (Å²) in [6, 6.07) is 0. The number of rotatable bonds is 1. The smallest absolute Gasteiger partial charge is 0.197 e. The molecule has 0 fully saturated rings. The van der Waals surface area contributed by atoms with Gasteiger partial charge in [0.25, 0.3) is 6.08 Å². The van der Waals surface area contributed by atoms with Crippen molar-refractivity contribution in [3.05, 3.63) is 29.8 Å². The van der Waals surface area contributed by atoms with Crippen molar-refractivity contribution in [3.63, 3.8) is 0 Å². The molecule has 0 aromatic heterocycles. The van der Waals surface area contributed by atoms with Crippen LogP contribution in [0.5, 0.6) is 0 Å². The Morgan fingerprint density at radius 2 is 1.50 bits per heavy atom. The van der Waals surface area contributed by atoms with Crippen LogP contribution in [0.25, 0.3) is 0 Å². The topological polar surface area (TPSA) is 0 Å². The van der Waals surface area contributed by atoms with Crippen molar-refractivity contribution in [2.75, 3.05) is 0 Å². The molecule has 0 aliphatic heterocycles. The van der Waals surface area contributed by atoms with Crippen LogP contribution in [0.15, 0.2) is 29.8 Å². The summed E-state index contributed by atoms with van der Waals surface area (Å²) in [5.74, 6) is -2.21. The first-order valence-corrected chi connectivity index (χ1v) is 2.49. The van der Waals surface area contributed by atoms with E-state index in [2.05, 4.69) is 6.58 Å².